The molecule has 0 aromatic heterocycles. The lowest BCUT2D eigenvalue weighted by Crippen LogP contribution is -2.72. The number of aliphatic hydroxyl groups is 1. The molecule has 3 heterocycles. The molecule has 5 atom stereocenters. The number of amides is 1. The molecule has 4 fully saturated rings. The summed E-state index contributed by atoms with van der Waals surface area (Å²) in [5, 5.41) is 26.0. The van der Waals surface area contributed by atoms with Crippen molar-refractivity contribution in [3.63, 3.8) is 0 Å². The number of rotatable bonds is 3. The second kappa shape index (κ2) is 7.75. The number of hydrogen-bond acceptors (Lipinski definition) is 5. The minimum atomic E-state index is -0.942. The first-order chi connectivity index (χ1) is 14.8. The molecule has 1 amide bonds. The standard InChI is InChI=1S/C25H36N2O4/c1-16-3-4-20(28)12-21(16)24-7-8-27(15-18-5-9-31-10-6-18)17(2)25(24,30)13-19-11-23(29)26-22(19)14-24/h3-4,12,17-19,22,28,30H,5-11,13-15H2,1-2H3,(H,26,29)/t17?,19-,22?,24?,25-/m1/s1. The number of fused-ring (bicyclic) bond motifs is 2. The van der Waals surface area contributed by atoms with Gasteiger partial charge in [0.15, 0.2) is 0 Å². The first kappa shape index (κ1) is 21.2. The number of aryl methyl sites for hydroxylation is 1. The summed E-state index contributed by atoms with van der Waals surface area (Å²) in [7, 11) is 0. The minimum Gasteiger partial charge on any atom is -0.508 e. The van der Waals surface area contributed by atoms with Gasteiger partial charge in [0.1, 0.15) is 5.75 Å². The largest absolute Gasteiger partial charge is 0.508 e. The molecule has 6 heteroatoms. The molecule has 1 aromatic carbocycles. The second-order valence-corrected chi connectivity index (χ2v) is 10.5. The maximum absolute atomic E-state index is 12.5. The van der Waals surface area contributed by atoms with Crippen molar-refractivity contribution in [3.05, 3.63) is 29.3 Å². The van der Waals surface area contributed by atoms with Crippen LogP contribution in [-0.4, -0.2) is 65.0 Å². The predicted molar refractivity (Wildman–Crippen MR) is 118 cm³/mol. The molecule has 3 N–H and O–H groups in total. The summed E-state index contributed by atoms with van der Waals surface area (Å²) >= 11 is 0. The molecule has 5 rings (SSSR count). The summed E-state index contributed by atoms with van der Waals surface area (Å²) < 4.78 is 5.55. The van der Waals surface area contributed by atoms with E-state index in [0.717, 1.165) is 63.1 Å². The Balaban J connectivity index is 1.53. The van der Waals surface area contributed by atoms with Gasteiger partial charge in [-0.15, -0.1) is 0 Å². The zero-order valence-corrected chi connectivity index (χ0v) is 18.8. The van der Waals surface area contributed by atoms with E-state index in [1.54, 1.807) is 6.07 Å². The van der Waals surface area contributed by atoms with E-state index in [4.69, 9.17) is 4.74 Å². The first-order valence-corrected chi connectivity index (χ1v) is 12.0. The van der Waals surface area contributed by atoms with Crippen molar-refractivity contribution in [1.29, 1.82) is 0 Å². The molecule has 0 bridgehead atoms. The average molecular weight is 429 g/mol. The molecule has 0 radical (unpaired) electrons. The Kier molecular flexibility index (Phi) is 5.31. The fourth-order valence-electron chi connectivity index (χ4n) is 7.18. The Labute approximate surface area is 185 Å². The Bertz CT molecular complexity index is 854. The zero-order chi connectivity index (χ0) is 21.8. The Morgan fingerprint density at radius 2 is 2.03 bits per heavy atom. The SMILES string of the molecule is Cc1ccc(O)cc1C12CCN(CC3CCOCC3)C(C)[C@]1(O)C[C@H]1CC(=O)NC1C2. The molecule has 31 heavy (non-hydrogen) atoms. The lowest BCUT2D eigenvalue weighted by Gasteiger charge is -2.62. The molecular weight excluding hydrogens is 392 g/mol. The van der Waals surface area contributed by atoms with Crippen molar-refractivity contribution in [3.8, 4) is 5.75 Å². The number of piperidine rings is 1. The first-order valence-electron chi connectivity index (χ1n) is 12.0. The van der Waals surface area contributed by atoms with Gasteiger partial charge in [0.2, 0.25) is 5.91 Å². The quantitative estimate of drug-likeness (QED) is 0.689. The number of phenols is 1. The van der Waals surface area contributed by atoms with E-state index in [1.165, 1.54) is 0 Å². The highest BCUT2D eigenvalue weighted by Gasteiger charge is 2.64. The van der Waals surface area contributed by atoms with Crippen LogP contribution in [0.1, 0.15) is 56.6 Å². The molecule has 3 unspecified atom stereocenters. The van der Waals surface area contributed by atoms with E-state index in [2.05, 4.69) is 24.1 Å². The molecule has 4 aliphatic rings. The second-order valence-electron chi connectivity index (χ2n) is 10.5. The summed E-state index contributed by atoms with van der Waals surface area (Å²) in [5.41, 5.74) is 0.735. The maximum atomic E-state index is 12.5. The highest BCUT2D eigenvalue weighted by atomic mass is 16.5. The number of carbonyl (C=O) groups is 1. The lowest BCUT2D eigenvalue weighted by atomic mass is 9.50. The van der Waals surface area contributed by atoms with Gasteiger partial charge in [0, 0.05) is 43.7 Å². The Morgan fingerprint density at radius 1 is 1.26 bits per heavy atom. The van der Waals surface area contributed by atoms with E-state index in [0.29, 0.717) is 18.8 Å². The van der Waals surface area contributed by atoms with Gasteiger partial charge in [-0.3, -0.25) is 9.69 Å². The average Bonchev–Trinajstić information content (AvgIpc) is 3.10. The van der Waals surface area contributed by atoms with Crippen molar-refractivity contribution >= 4 is 5.91 Å². The Hall–Kier alpha value is -1.63. The van der Waals surface area contributed by atoms with Gasteiger partial charge < -0.3 is 20.3 Å². The summed E-state index contributed by atoms with van der Waals surface area (Å²) in [6.45, 7) is 7.83. The van der Waals surface area contributed by atoms with E-state index < -0.39 is 11.0 Å². The monoisotopic (exact) mass is 428 g/mol. The Morgan fingerprint density at radius 3 is 2.81 bits per heavy atom. The molecule has 1 aliphatic carbocycles. The van der Waals surface area contributed by atoms with Crippen LogP contribution in [0.25, 0.3) is 0 Å². The van der Waals surface area contributed by atoms with Gasteiger partial charge in [-0.05, 0) is 87.6 Å². The summed E-state index contributed by atoms with van der Waals surface area (Å²) in [6, 6.07) is 5.63. The van der Waals surface area contributed by atoms with Gasteiger partial charge in [-0.25, -0.2) is 0 Å². The van der Waals surface area contributed by atoms with Gasteiger partial charge in [-0.2, -0.15) is 0 Å². The van der Waals surface area contributed by atoms with Crippen molar-refractivity contribution in [2.24, 2.45) is 11.8 Å². The number of benzene rings is 1. The van der Waals surface area contributed by atoms with Gasteiger partial charge in [0.25, 0.3) is 0 Å². The van der Waals surface area contributed by atoms with Crippen LogP contribution in [-0.2, 0) is 14.9 Å². The molecule has 170 valence electrons. The molecule has 6 nitrogen and oxygen atoms in total. The van der Waals surface area contributed by atoms with Crippen LogP contribution in [0.4, 0.5) is 0 Å². The summed E-state index contributed by atoms with van der Waals surface area (Å²) in [5.74, 6) is 1.13. The zero-order valence-electron chi connectivity index (χ0n) is 18.8. The van der Waals surface area contributed by atoms with Crippen LogP contribution in [0.15, 0.2) is 18.2 Å². The third-order valence-corrected chi connectivity index (χ3v) is 8.97. The molecule has 1 aromatic rings. The van der Waals surface area contributed by atoms with Crippen molar-refractivity contribution < 1.29 is 19.7 Å². The number of nitrogens with one attached hydrogen (secondary N) is 1. The molecular formula is C25H36N2O4. The van der Waals surface area contributed by atoms with E-state index >= 15 is 0 Å². The van der Waals surface area contributed by atoms with E-state index in [1.807, 2.05) is 12.1 Å². The number of phenolic OH excluding ortho intramolecular Hbond substituents is 1. The van der Waals surface area contributed by atoms with Gasteiger partial charge in [0.05, 0.1) is 5.60 Å². The fraction of sp³-hybridized carbons (Fsp3) is 0.720. The molecule has 3 aliphatic heterocycles. The number of likely N-dealkylation sites (tertiary alicyclic amines) is 1. The normalized spacial score (nSPS) is 39.1. The third-order valence-electron chi connectivity index (χ3n) is 8.97. The van der Waals surface area contributed by atoms with Crippen LogP contribution in [0.3, 0.4) is 0 Å². The van der Waals surface area contributed by atoms with E-state index in [-0.39, 0.29) is 29.7 Å². The summed E-state index contributed by atoms with van der Waals surface area (Å²) in [4.78, 5) is 14.7. The minimum absolute atomic E-state index is 0.0116. The predicted octanol–water partition coefficient (Wildman–Crippen LogP) is 2.49. The summed E-state index contributed by atoms with van der Waals surface area (Å²) in [6.07, 6.45) is 4.87. The highest BCUT2D eigenvalue weighted by Crippen LogP contribution is 2.57. The number of ether oxygens (including phenoxy) is 1. The number of carbonyl (C=O) groups excluding carboxylic acids is 1. The molecule has 0 spiro atoms. The number of aromatic hydroxyl groups is 1. The number of nitrogens with zero attached hydrogens (tertiary/aromatic N) is 1. The molecule has 3 saturated heterocycles. The van der Waals surface area contributed by atoms with Gasteiger partial charge >= 0.3 is 0 Å². The highest BCUT2D eigenvalue weighted by molar-refractivity contribution is 5.79. The van der Waals surface area contributed by atoms with Crippen LogP contribution >= 0.6 is 0 Å². The van der Waals surface area contributed by atoms with Crippen molar-refractivity contribution in [2.45, 2.75) is 75.5 Å². The van der Waals surface area contributed by atoms with Crippen molar-refractivity contribution in [1.82, 2.24) is 10.2 Å². The maximum Gasteiger partial charge on any atom is 0.220 e. The lowest BCUT2D eigenvalue weighted by molar-refractivity contribution is -0.170. The van der Waals surface area contributed by atoms with E-state index in [9.17, 15) is 15.0 Å². The number of hydrogen-bond donors (Lipinski definition) is 3. The van der Waals surface area contributed by atoms with Gasteiger partial charge in [-0.1, -0.05) is 6.07 Å². The fourth-order valence-corrected chi connectivity index (χ4v) is 7.18. The molecule has 1 saturated carbocycles. The van der Waals surface area contributed by atoms with Crippen LogP contribution < -0.4 is 5.32 Å². The topological polar surface area (TPSA) is 82.0 Å². The smallest absolute Gasteiger partial charge is 0.220 e. The van der Waals surface area contributed by atoms with Crippen LogP contribution in [0.2, 0.25) is 0 Å². The van der Waals surface area contributed by atoms with Crippen LogP contribution in [0, 0.1) is 18.8 Å². The third kappa shape index (κ3) is 3.38. The van der Waals surface area contributed by atoms with Crippen molar-refractivity contribution in [2.75, 3.05) is 26.3 Å². The van der Waals surface area contributed by atoms with Crippen LogP contribution in [0.5, 0.6) is 5.75 Å².